The van der Waals surface area contributed by atoms with Gasteiger partial charge in [-0.25, -0.2) is 0 Å². The first-order valence-corrected chi connectivity index (χ1v) is 12.3. The number of hydrogen-bond donors (Lipinski definition) is 0. The first-order valence-electron chi connectivity index (χ1n) is 12.3. The Morgan fingerprint density at radius 2 is 1.00 bits per heavy atom. The zero-order chi connectivity index (χ0) is 24.8. The maximum atomic E-state index is 3.72. The molecule has 0 saturated carbocycles. The second-order valence-electron chi connectivity index (χ2n) is 8.70. The average Bonchev–Trinajstić information content (AvgIpc) is 3.11. The molecule has 0 atom stereocenters. The number of fused-ring (bicyclic) bond motifs is 1. The molecule has 0 saturated heterocycles. The number of rotatable bonds is 1. The summed E-state index contributed by atoms with van der Waals surface area (Å²) in [5.41, 5.74) is 11.4. The first-order chi connectivity index (χ1) is 16.4. The predicted molar refractivity (Wildman–Crippen MR) is 150 cm³/mol. The summed E-state index contributed by atoms with van der Waals surface area (Å²) in [5.74, 6) is 0. The molecule has 5 rings (SSSR count). The van der Waals surface area contributed by atoms with Gasteiger partial charge in [0.2, 0.25) is 0 Å². The molecule has 1 heteroatoms. The van der Waals surface area contributed by atoms with Crippen molar-refractivity contribution in [3.63, 3.8) is 0 Å². The van der Waals surface area contributed by atoms with Crippen LogP contribution in [0.1, 0.15) is 64.3 Å². The van der Waals surface area contributed by atoms with Crippen LogP contribution in [0.2, 0.25) is 0 Å². The van der Waals surface area contributed by atoms with Crippen molar-refractivity contribution in [1.82, 2.24) is 0 Å². The molecule has 0 bridgehead atoms. The Bertz CT molecular complexity index is 951. The monoisotopic (exact) mass is 496 g/mol. The fourth-order valence-corrected chi connectivity index (χ4v) is 4.24. The number of hydrogen-bond acceptors (Lipinski definition) is 0. The minimum atomic E-state index is 0. The van der Waals surface area contributed by atoms with Crippen LogP contribution in [0.5, 0.6) is 0 Å². The van der Waals surface area contributed by atoms with E-state index in [0.29, 0.717) is 0 Å². The summed E-state index contributed by atoms with van der Waals surface area (Å²) in [6.45, 7) is 18.1. The minimum Gasteiger partial charge on any atom is -0.199 e. The second-order valence-corrected chi connectivity index (χ2v) is 8.70. The van der Waals surface area contributed by atoms with E-state index in [1.165, 1.54) is 32.1 Å². The van der Waals surface area contributed by atoms with Crippen molar-refractivity contribution < 1.29 is 21.7 Å². The molecule has 35 heavy (non-hydrogen) atoms. The molecule has 0 aliphatic heterocycles. The number of benzene rings is 3. The third-order valence-electron chi connectivity index (χ3n) is 6.18. The summed E-state index contributed by atoms with van der Waals surface area (Å²) < 4.78 is 0. The Morgan fingerprint density at radius 3 is 1.31 bits per heavy atom. The van der Waals surface area contributed by atoms with Crippen molar-refractivity contribution in [2.45, 2.75) is 52.9 Å². The van der Waals surface area contributed by atoms with Gasteiger partial charge in [0.1, 0.15) is 0 Å². The van der Waals surface area contributed by atoms with Gasteiger partial charge in [-0.3, -0.25) is 0 Å². The van der Waals surface area contributed by atoms with E-state index in [9.17, 15) is 0 Å². The Hall–Kier alpha value is -2.67. The zero-order valence-electron chi connectivity index (χ0n) is 21.8. The second kappa shape index (κ2) is 16.9. The van der Waals surface area contributed by atoms with E-state index in [1.54, 1.807) is 27.8 Å². The molecule has 0 N–H and O–H groups in total. The van der Waals surface area contributed by atoms with Crippen LogP contribution in [-0.2, 0) is 41.0 Å². The SMILES string of the molecule is CC[c-]1c(C)c(C)c2c1CCCC2.[CH2-]c1ccccc1.[CH2-]c1ccccc1.[CH2-]c1ccccc1.[Ti+4]. The molecule has 4 aromatic carbocycles. The van der Waals surface area contributed by atoms with E-state index in [4.69, 9.17) is 0 Å². The molecule has 0 spiro atoms. The maximum Gasteiger partial charge on any atom is 4.00 e. The summed E-state index contributed by atoms with van der Waals surface area (Å²) in [6, 6.07) is 29.6. The van der Waals surface area contributed by atoms with Gasteiger partial charge >= 0.3 is 21.7 Å². The third-order valence-corrected chi connectivity index (χ3v) is 6.18. The molecular formula is C34H40Ti. The van der Waals surface area contributed by atoms with Crippen LogP contribution >= 0.6 is 0 Å². The van der Waals surface area contributed by atoms with Crippen molar-refractivity contribution in [2.75, 3.05) is 0 Å². The van der Waals surface area contributed by atoms with Crippen molar-refractivity contribution in [2.24, 2.45) is 0 Å². The normalized spacial score (nSPS) is 11.1. The fraction of sp³-hybridized carbons (Fsp3) is 0.235. The predicted octanol–water partition coefficient (Wildman–Crippen LogP) is 9.07. The van der Waals surface area contributed by atoms with E-state index < -0.39 is 0 Å². The van der Waals surface area contributed by atoms with Gasteiger partial charge in [0.05, 0.1) is 0 Å². The van der Waals surface area contributed by atoms with Gasteiger partial charge in [0.25, 0.3) is 0 Å². The Kier molecular flexibility index (Phi) is 14.6. The van der Waals surface area contributed by atoms with Crippen LogP contribution in [-0.4, -0.2) is 0 Å². The maximum absolute atomic E-state index is 3.72. The Labute approximate surface area is 230 Å². The van der Waals surface area contributed by atoms with Gasteiger partial charge in [-0.15, -0.1) is 36.4 Å². The molecule has 1 aliphatic rings. The minimum absolute atomic E-state index is 0. The first kappa shape index (κ1) is 30.4. The summed E-state index contributed by atoms with van der Waals surface area (Å²) in [7, 11) is 0. The molecule has 0 amide bonds. The van der Waals surface area contributed by atoms with E-state index in [2.05, 4.69) is 41.5 Å². The molecule has 1 aliphatic carbocycles. The molecule has 4 aromatic rings. The summed E-state index contributed by atoms with van der Waals surface area (Å²) in [4.78, 5) is 0. The zero-order valence-corrected chi connectivity index (χ0v) is 23.4. The molecule has 0 nitrogen and oxygen atoms in total. The summed E-state index contributed by atoms with van der Waals surface area (Å²) in [5, 5.41) is 0. The quantitative estimate of drug-likeness (QED) is 0.182. The molecular weight excluding hydrogens is 456 g/mol. The van der Waals surface area contributed by atoms with Crippen molar-refractivity contribution in [3.8, 4) is 0 Å². The van der Waals surface area contributed by atoms with Crippen LogP contribution < -0.4 is 0 Å². The van der Waals surface area contributed by atoms with Crippen LogP contribution in [0.25, 0.3) is 0 Å². The topological polar surface area (TPSA) is 0 Å². The van der Waals surface area contributed by atoms with E-state index in [1.807, 2.05) is 91.0 Å². The molecule has 0 radical (unpaired) electrons. The van der Waals surface area contributed by atoms with Gasteiger partial charge in [0.15, 0.2) is 0 Å². The molecule has 0 fully saturated rings. The van der Waals surface area contributed by atoms with E-state index in [-0.39, 0.29) is 21.7 Å². The van der Waals surface area contributed by atoms with Crippen LogP contribution in [0.4, 0.5) is 0 Å². The molecule has 0 heterocycles. The summed E-state index contributed by atoms with van der Waals surface area (Å²) >= 11 is 0. The Balaban J connectivity index is 0.000000243. The fourth-order valence-electron chi connectivity index (χ4n) is 4.24. The molecule has 0 unspecified atom stereocenters. The van der Waals surface area contributed by atoms with E-state index in [0.717, 1.165) is 16.7 Å². The summed E-state index contributed by atoms with van der Waals surface area (Å²) in [6.07, 6.45) is 6.71. The smallest absolute Gasteiger partial charge is 0.199 e. The van der Waals surface area contributed by atoms with Gasteiger partial charge < -0.3 is 0 Å². The average molecular weight is 497 g/mol. The van der Waals surface area contributed by atoms with E-state index >= 15 is 0 Å². The standard InChI is InChI=1S/C13H19.3C7H7.Ti/c1-4-11-9(2)10(3)12-7-5-6-8-13(11)12;3*1-7-5-3-2-4-6-7;/h4-8H2,1-3H3;3*2-6H,1H2;/q4*-1;+4. The van der Waals surface area contributed by atoms with Gasteiger partial charge in [-0.2, -0.15) is 102 Å². The van der Waals surface area contributed by atoms with Crippen LogP contribution in [0.3, 0.4) is 0 Å². The van der Waals surface area contributed by atoms with Crippen molar-refractivity contribution >= 4 is 0 Å². The van der Waals surface area contributed by atoms with Crippen molar-refractivity contribution in [3.05, 3.63) is 156 Å². The van der Waals surface area contributed by atoms with Gasteiger partial charge in [0, 0.05) is 0 Å². The third kappa shape index (κ3) is 10.6. The van der Waals surface area contributed by atoms with Crippen LogP contribution in [0, 0.1) is 34.6 Å². The van der Waals surface area contributed by atoms with Crippen LogP contribution in [0.15, 0.2) is 91.0 Å². The molecule has 0 aromatic heterocycles. The van der Waals surface area contributed by atoms with Crippen molar-refractivity contribution in [1.29, 1.82) is 0 Å². The largest absolute Gasteiger partial charge is 4.00 e. The van der Waals surface area contributed by atoms with Gasteiger partial charge in [-0.1, -0.05) is 71.1 Å². The molecule has 180 valence electrons. The van der Waals surface area contributed by atoms with Gasteiger partial charge in [-0.05, 0) is 0 Å². The Morgan fingerprint density at radius 1 is 0.629 bits per heavy atom.